The molecule has 0 unspecified atom stereocenters. The molecule has 2 heterocycles. The number of nitrogens with one attached hydrogen (secondary N) is 1. The van der Waals surface area contributed by atoms with Gasteiger partial charge in [-0.15, -0.1) is 11.3 Å². The summed E-state index contributed by atoms with van der Waals surface area (Å²) in [5.74, 6) is 0.968. The van der Waals surface area contributed by atoms with E-state index in [1.807, 2.05) is 25.1 Å². The molecule has 0 radical (unpaired) electrons. The van der Waals surface area contributed by atoms with Gasteiger partial charge >= 0.3 is 0 Å². The van der Waals surface area contributed by atoms with E-state index in [4.69, 9.17) is 0 Å². The first-order valence-electron chi connectivity index (χ1n) is 4.83. The highest BCUT2D eigenvalue weighted by Crippen LogP contribution is 2.28. The molecular weight excluding hydrogens is 222 g/mol. The molecule has 5 heteroatoms. The third-order valence-electron chi connectivity index (χ3n) is 2.34. The third kappa shape index (κ3) is 1.45. The number of aryl methyl sites for hydroxylation is 1. The maximum absolute atomic E-state index is 9.21. The minimum Gasteiger partial charge on any atom is -0.493 e. The molecule has 3 aromatic rings. The van der Waals surface area contributed by atoms with Crippen LogP contribution in [0.15, 0.2) is 23.6 Å². The van der Waals surface area contributed by atoms with Gasteiger partial charge in [0.2, 0.25) is 5.88 Å². The van der Waals surface area contributed by atoms with Crippen LogP contribution >= 0.6 is 11.3 Å². The minimum absolute atomic E-state index is 0.0703. The number of H-pyrrole nitrogens is 1. The van der Waals surface area contributed by atoms with Crippen molar-refractivity contribution in [3.8, 4) is 16.5 Å². The topological polar surface area (TPSA) is 61.8 Å². The average Bonchev–Trinajstić information content (AvgIpc) is 2.81. The zero-order valence-corrected chi connectivity index (χ0v) is 9.38. The lowest BCUT2D eigenvalue weighted by Gasteiger charge is -1.95. The molecule has 2 aromatic heterocycles. The Balaban J connectivity index is 2.17. The summed E-state index contributed by atoms with van der Waals surface area (Å²) < 4.78 is 0. The summed E-state index contributed by atoms with van der Waals surface area (Å²) in [5, 5.41) is 11.6. The van der Waals surface area contributed by atoms with Gasteiger partial charge in [-0.1, -0.05) is 0 Å². The number of fused-ring (bicyclic) bond motifs is 1. The van der Waals surface area contributed by atoms with Crippen LogP contribution in [0.25, 0.3) is 21.6 Å². The van der Waals surface area contributed by atoms with Crippen molar-refractivity contribution in [3.05, 3.63) is 29.4 Å². The van der Waals surface area contributed by atoms with E-state index in [0.29, 0.717) is 0 Å². The fourth-order valence-electron chi connectivity index (χ4n) is 1.67. The fraction of sp³-hybridized carbons (Fsp3) is 0.0909. The molecule has 1 aromatic carbocycles. The van der Waals surface area contributed by atoms with Crippen molar-refractivity contribution in [1.29, 1.82) is 0 Å². The lowest BCUT2D eigenvalue weighted by atomic mass is 10.2. The van der Waals surface area contributed by atoms with Crippen molar-refractivity contribution >= 4 is 22.4 Å². The quantitative estimate of drug-likeness (QED) is 0.677. The molecule has 2 N–H and O–H groups in total. The van der Waals surface area contributed by atoms with Crippen LogP contribution in [-0.4, -0.2) is 20.1 Å². The van der Waals surface area contributed by atoms with E-state index < -0.39 is 0 Å². The van der Waals surface area contributed by atoms with Crippen LogP contribution < -0.4 is 0 Å². The van der Waals surface area contributed by atoms with E-state index in [2.05, 4.69) is 15.0 Å². The standard InChI is InChI=1S/C11H9N3OS/c1-6-12-8-3-2-7(4-9(8)13-6)11-14-10(15)5-16-11/h2-5,15H,1H3,(H,12,13). The fourth-order valence-corrected chi connectivity index (χ4v) is 2.35. The average molecular weight is 231 g/mol. The molecule has 0 atom stereocenters. The van der Waals surface area contributed by atoms with Gasteiger partial charge in [-0.2, -0.15) is 0 Å². The van der Waals surface area contributed by atoms with Gasteiger partial charge in [0, 0.05) is 5.56 Å². The van der Waals surface area contributed by atoms with Gasteiger partial charge in [0.05, 0.1) is 16.4 Å². The lowest BCUT2D eigenvalue weighted by Crippen LogP contribution is -1.76. The summed E-state index contributed by atoms with van der Waals surface area (Å²) in [4.78, 5) is 11.5. The number of aromatic hydroxyl groups is 1. The molecule has 0 saturated carbocycles. The smallest absolute Gasteiger partial charge is 0.222 e. The Kier molecular flexibility index (Phi) is 1.94. The Hall–Kier alpha value is -1.88. The van der Waals surface area contributed by atoms with Crippen molar-refractivity contribution < 1.29 is 5.11 Å². The molecule has 4 nitrogen and oxygen atoms in total. The second kappa shape index (κ2) is 3.31. The summed E-state index contributed by atoms with van der Waals surface area (Å²) in [7, 11) is 0. The highest BCUT2D eigenvalue weighted by atomic mass is 32.1. The third-order valence-corrected chi connectivity index (χ3v) is 3.22. The van der Waals surface area contributed by atoms with E-state index in [1.165, 1.54) is 11.3 Å². The van der Waals surface area contributed by atoms with Crippen LogP contribution in [-0.2, 0) is 0 Å². The maximum Gasteiger partial charge on any atom is 0.222 e. The number of thiazole rings is 1. The molecule has 0 aliphatic heterocycles. The summed E-state index contributed by atoms with van der Waals surface area (Å²) in [6.07, 6.45) is 0. The predicted molar refractivity (Wildman–Crippen MR) is 63.6 cm³/mol. The van der Waals surface area contributed by atoms with Gasteiger partial charge < -0.3 is 10.1 Å². The Morgan fingerprint density at radius 3 is 2.94 bits per heavy atom. The zero-order chi connectivity index (χ0) is 11.1. The van der Waals surface area contributed by atoms with Gasteiger partial charge in [-0.25, -0.2) is 9.97 Å². The number of hydrogen-bond donors (Lipinski definition) is 2. The number of nitrogens with zero attached hydrogens (tertiary/aromatic N) is 2. The summed E-state index contributed by atoms with van der Waals surface area (Å²) in [5.41, 5.74) is 2.92. The Labute approximate surface area is 95.6 Å². The van der Waals surface area contributed by atoms with Crippen molar-refractivity contribution in [2.24, 2.45) is 0 Å². The molecule has 3 rings (SSSR count). The minimum atomic E-state index is 0.0703. The summed E-state index contributed by atoms with van der Waals surface area (Å²) >= 11 is 1.42. The van der Waals surface area contributed by atoms with E-state index >= 15 is 0 Å². The normalized spacial score (nSPS) is 11.1. The molecule has 80 valence electrons. The molecular formula is C11H9N3OS. The van der Waals surface area contributed by atoms with Crippen molar-refractivity contribution in [2.45, 2.75) is 6.92 Å². The van der Waals surface area contributed by atoms with Crippen LogP contribution in [0, 0.1) is 6.92 Å². The molecule has 0 saturated heterocycles. The first kappa shape index (κ1) is 9.35. The van der Waals surface area contributed by atoms with Gasteiger partial charge in [0.25, 0.3) is 0 Å². The highest BCUT2D eigenvalue weighted by Gasteiger charge is 2.06. The molecule has 0 aliphatic rings. The SMILES string of the molecule is Cc1nc2ccc(-c3nc(O)cs3)cc2[nH]1. The molecule has 0 bridgehead atoms. The molecule has 16 heavy (non-hydrogen) atoms. The molecule has 0 aliphatic carbocycles. The molecule has 0 amide bonds. The van der Waals surface area contributed by atoms with Crippen molar-refractivity contribution in [1.82, 2.24) is 15.0 Å². The van der Waals surface area contributed by atoms with Crippen molar-refractivity contribution in [2.75, 3.05) is 0 Å². The Morgan fingerprint density at radius 1 is 1.31 bits per heavy atom. The summed E-state index contributed by atoms with van der Waals surface area (Å²) in [6.45, 7) is 1.93. The van der Waals surface area contributed by atoms with E-state index in [-0.39, 0.29) is 5.88 Å². The number of aromatic nitrogens is 3. The zero-order valence-electron chi connectivity index (χ0n) is 8.56. The number of benzene rings is 1. The van der Waals surface area contributed by atoms with Crippen LogP contribution in [0.3, 0.4) is 0 Å². The Morgan fingerprint density at radius 2 is 2.19 bits per heavy atom. The van der Waals surface area contributed by atoms with Gasteiger partial charge in [-0.05, 0) is 25.1 Å². The van der Waals surface area contributed by atoms with Gasteiger partial charge in [0.1, 0.15) is 10.8 Å². The molecule has 0 spiro atoms. The number of imidazole rings is 1. The van der Waals surface area contributed by atoms with Crippen LogP contribution in [0.4, 0.5) is 0 Å². The second-order valence-corrected chi connectivity index (χ2v) is 4.42. The van der Waals surface area contributed by atoms with Crippen molar-refractivity contribution in [3.63, 3.8) is 0 Å². The number of aromatic amines is 1. The van der Waals surface area contributed by atoms with Gasteiger partial charge in [-0.3, -0.25) is 0 Å². The van der Waals surface area contributed by atoms with E-state index in [9.17, 15) is 5.11 Å². The first-order chi connectivity index (χ1) is 7.72. The van der Waals surface area contributed by atoms with Crippen LogP contribution in [0.2, 0.25) is 0 Å². The van der Waals surface area contributed by atoms with E-state index in [0.717, 1.165) is 27.4 Å². The van der Waals surface area contributed by atoms with Crippen LogP contribution in [0.5, 0.6) is 5.88 Å². The van der Waals surface area contributed by atoms with Gasteiger partial charge in [0.15, 0.2) is 0 Å². The molecule has 0 fully saturated rings. The van der Waals surface area contributed by atoms with E-state index in [1.54, 1.807) is 5.38 Å². The Bertz CT molecular complexity index is 656. The maximum atomic E-state index is 9.21. The monoisotopic (exact) mass is 231 g/mol. The number of rotatable bonds is 1. The largest absolute Gasteiger partial charge is 0.493 e. The van der Waals surface area contributed by atoms with Crippen LogP contribution in [0.1, 0.15) is 5.82 Å². The highest BCUT2D eigenvalue weighted by molar-refractivity contribution is 7.13. The number of hydrogen-bond acceptors (Lipinski definition) is 4. The predicted octanol–water partition coefficient (Wildman–Crippen LogP) is 2.70. The second-order valence-electron chi connectivity index (χ2n) is 3.56. The summed E-state index contributed by atoms with van der Waals surface area (Å²) in [6, 6.07) is 5.90. The lowest BCUT2D eigenvalue weighted by molar-refractivity contribution is 0.458. The first-order valence-corrected chi connectivity index (χ1v) is 5.71.